The summed E-state index contributed by atoms with van der Waals surface area (Å²) in [4.78, 5) is 10.2. The van der Waals surface area contributed by atoms with Crippen molar-refractivity contribution in [3.8, 4) is 28.1 Å². The van der Waals surface area contributed by atoms with E-state index in [0.717, 1.165) is 38.6 Å². The fraction of sp³-hybridized carbons (Fsp3) is 0. The Bertz CT molecular complexity index is 2820. The Hall–Kier alpha value is -6.32. The molecule has 0 fully saturated rings. The third-order valence-corrected chi connectivity index (χ3v) is 9.60. The monoisotopic (exact) mass is 597 g/mol. The minimum absolute atomic E-state index is 0.869. The van der Waals surface area contributed by atoms with Crippen molar-refractivity contribution in [2.24, 2.45) is 0 Å². The highest BCUT2D eigenvalue weighted by Crippen LogP contribution is 2.38. The second kappa shape index (κ2) is 10.1. The summed E-state index contributed by atoms with van der Waals surface area (Å²) < 4.78 is 2.41. The zero-order chi connectivity index (χ0) is 30.9. The normalized spacial score (nSPS) is 11.8. The van der Waals surface area contributed by atoms with E-state index in [2.05, 4.69) is 162 Å². The molecule has 0 saturated heterocycles. The zero-order valence-electron chi connectivity index (χ0n) is 25.4. The SMILES string of the molecule is c1cc(-c2ccc3c(c2)c2ccccc2n3-c2cccc3ccccc23)cc(-c2cnc3c4ccccc4c4ccccc4c3n2)c1. The average molecular weight is 598 g/mol. The molecule has 47 heavy (non-hydrogen) atoms. The van der Waals surface area contributed by atoms with Crippen molar-refractivity contribution in [3.05, 3.63) is 164 Å². The van der Waals surface area contributed by atoms with Crippen LogP contribution in [0.25, 0.3) is 93.2 Å². The van der Waals surface area contributed by atoms with Gasteiger partial charge in [-0.25, -0.2) is 4.98 Å². The van der Waals surface area contributed by atoms with Crippen molar-refractivity contribution in [2.75, 3.05) is 0 Å². The molecule has 0 unspecified atom stereocenters. The summed E-state index contributed by atoms with van der Waals surface area (Å²) in [7, 11) is 0. The second-order valence-corrected chi connectivity index (χ2v) is 12.2. The van der Waals surface area contributed by atoms with E-state index < -0.39 is 0 Å². The first-order chi connectivity index (χ1) is 23.3. The van der Waals surface area contributed by atoms with Gasteiger partial charge in [0.1, 0.15) is 0 Å². The van der Waals surface area contributed by atoms with Crippen molar-refractivity contribution in [1.82, 2.24) is 14.5 Å². The lowest BCUT2D eigenvalue weighted by Crippen LogP contribution is -1.95. The lowest BCUT2D eigenvalue weighted by atomic mass is 9.98. The van der Waals surface area contributed by atoms with E-state index in [1.807, 2.05) is 6.20 Å². The first-order valence-corrected chi connectivity index (χ1v) is 16.0. The molecule has 0 N–H and O–H groups in total. The Labute approximate surface area is 271 Å². The van der Waals surface area contributed by atoms with Gasteiger partial charge in [0.05, 0.1) is 39.6 Å². The number of rotatable bonds is 3. The van der Waals surface area contributed by atoms with E-state index in [-0.39, 0.29) is 0 Å². The van der Waals surface area contributed by atoms with Gasteiger partial charge in [0.15, 0.2) is 0 Å². The Balaban J connectivity index is 1.14. The number of aromatic nitrogens is 3. The Kier molecular flexibility index (Phi) is 5.57. The smallest absolute Gasteiger partial charge is 0.0979 e. The fourth-order valence-electron chi connectivity index (χ4n) is 7.44. The molecule has 0 atom stereocenters. The van der Waals surface area contributed by atoms with Crippen LogP contribution in [0, 0.1) is 0 Å². The molecule has 0 aliphatic heterocycles. The van der Waals surface area contributed by atoms with Crippen LogP contribution in [0.2, 0.25) is 0 Å². The van der Waals surface area contributed by atoms with Crippen LogP contribution in [0.3, 0.4) is 0 Å². The molecule has 10 rings (SSSR count). The summed E-state index contributed by atoms with van der Waals surface area (Å²) in [5.41, 5.74) is 9.71. The van der Waals surface area contributed by atoms with Gasteiger partial charge in [-0.05, 0) is 57.6 Å². The van der Waals surface area contributed by atoms with E-state index in [1.54, 1.807) is 0 Å². The van der Waals surface area contributed by atoms with Crippen molar-refractivity contribution in [2.45, 2.75) is 0 Å². The number of fused-ring (bicyclic) bond motifs is 10. The third-order valence-electron chi connectivity index (χ3n) is 9.60. The lowest BCUT2D eigenvalue weighted by Gasteiger charge is -2.12. The summed E-state index contributed by atoms with van der Waals surface area (Å²) in [6.45, 7) is 0. The number of para-hydroxylation sites is 1. The highest BCUT2D eigenvalue weighted by atomic mass is 15.0. The van der Waals surface area contributed by atoms with Gasteiger partial charge in [-0.2, -0.15) is 0 Å². The van der Waals surface area contributed by atoms with Crippen LogP contribution in [-0.4, -0.2) is 14.5 Å². The van der Waals surface area contributed by atoms with Gasteiger partial charge >= 0.3 is 0 Å². The Morgan fingerprint density at radius 2 is 0.979 bits per heavy atom. The molecule has 8 aromatic carbocycles. The minimum Gasteiger partial charge on any atom is -0.309 e. The summed E-state index contributed by atoms with van der Waals surface area (Å²) in [6.07, 6.45) is 1.92. The van der Waals surface area contributed by atoms with Crippen molar-refractivity contribution in [1.29, 1.82) is 0 Å². The van der Waals surface area contributed by atoms with Crippen LogP contribution in [0.5, 0.6) is 0 Å². The summed E-state index contributed by atoms with van der Waals surface area (Å²) in [5, 5.41) is 9.62. The molecule has 0 aliphatic rings. The number of benzene rings is 8. The van der Waals surface area contributed by atoms with Crippen LogP contribution >= 0.6 is 0 Å². The maximum absolute atomic E-state index is 5.25. The van der Waals surface area contributed by atoms with Crippen molar-refractivity contribution in [3.63, 3.8) is 0 Å². The van der Waals surface area contributed by atoms with Crippen LogP contribution in [0.1, 0.15) is 0 Å². The van der Waals surface area contributed by atoms with Gasteiger partial charge in [0.2, 0.25) is 0 Å². The van der Waals surface area contributed by atoms with Crippen LogP contribution in [0.4, 0.5) is 0 Å². The molecule has 0 amide bonds. The maximum Gasteiger partial charge on any atom is 0.0979 e. The van der Waals surface area contributed by atoms with Crippen LogP contribution < -0.4 is 0 Å². The summed E-state index contributed by atoms with van der Waals surface area (Å²) in [5.74, 6) is 0. The van der Waals surface area contributed by atoms with E-state index >= 15 is 0 Å². The molecular weight excluding hydrogens is 571 g/mol. The predicted octanol–water partition coefficient (Wildman–Crippen LogP) is 11.5. The molecule has 0 spiro atoms. The molecular formula is C44H27N3. The molecule has 0 saturated carbocycles. The van der Waals surface area contributed by atoms with Gasteiger partial charge in [-0.1, -0.05) is 127 Å². The van der Waals surface area contributed by atoms with Crippen molar-refractivity contribution < 1.29 is 0 Å². The molecule has 2 aromatic heterocycles. The molecule has 10 aromatic rings. The minimum atomic E-state index is 0.869. The Morgan fingerprint density at radius 3 is 1.81 bits per heavy atom. The van der Waals surface area contributed by atoms with Gasteiger partial charge in [0.25, 0.3) is 0 Å². The topological polar surface area (TPSA) is 30.7 Å². The van der Waals surface area contributed by atoms with E-state index in [9.17, 15) is 0 Å². The molecule has 3 nitrogen and oxygen atoms in total. The van der Waals surface area contributed by atoms with Crippen LogP contribution in [-0.2, 0) is 0 Å². The molecule has 2 heterocycles. The molecule has 218 valence electrons. The molecule has 0 radical (unpaired) electrons. The van der Waals surface area contributed by atoms with E-state index in [0.29, 0.717) is 0 Å². The van der Waals surface area contributed by atoms with E-state index in [4.69, 9.17) is 9.97 Å². The lowest BCUT2D eigenvalue weighted by molar-refractivity contribution is 1.20. The van der Waals surface area contributed by atoms with Gasteiger partial charge in [-0.3, -0.25) is 4.98 Å². The predicted molar refractivity (Wildman–Crippen MR) is 197 cm³/mol. The van der Waals surface area contributed by atoms with Crippen molar-refractivity contribution >= 4 is 65.2 Å². The molecule has 0 bridgehead atoms. The number of hydrogen-bond acceptors (Lipinski definition) is 2. The highest BCUT2D eigenvalue weighted by Gasteiger charge is 2.16. The number of nitrogens with zero attached hydrogens (tertiary/aromatic N) is 3. The highest BCUT2D eigenvalue weighted by molar-refractivity contribution is 6.23. The molecule has 3 heteroatoms. The molecule has 0 aliphatic carbocycles. The van der Waals surface area contributed by atoms with Crippen LogP contribution in [0.15, 0.2) is 164 Å². The summed E-state index contributed by atoms with van der Waals surface area (Å²) in [6, 6.07) is 56.4. The summed E-state index contributed by atoms with van der Waals surface area (Å²) >= 11 is 0. The maximum atomic E-state index is 5.25. The standard InChI is InChI=1S/C44H27N3/c1-2-15-32-28(11-1)12-10-22-40(32)47-41-21-8-7-18-35(41)38-26-30(23-24-42(38)47)29-13-9-14-31(25-29)39-27-45-43-36-19-5-3-16-33(36)34-17-4-6-20-37(34)44(43)46-39/h1-27H. The number of hydrogen-bond donors (Lipinski definition) is 0. The average Bonchev–Trinajstić information content (AvgIpc) is 3.48. The second-order valence-electron chi connectivity index (χ2n) is 12.2. The largest absolute Gasteiger partial charge is 0.309 e. The van der Waals surface area contributed by atoms with Gasteiger partial charge in [-0.15, -0.1) is 0 Å². The Morgan fingerprint density at radius 1 is 0.383 bits per heavy atom. The third kappa shape index (κ3) is 3.93. The zero-order valence-corrected chi connectivity index (χ0v) is 25.4. The van der Waals surface area contributed by atoms with Gasteiger partial charge in [0, 0.05) is 32.5 Å². The first kappa shape index (κ1) is 26.0. The first-order valence-electron chi connectivity index (χ1n) is 16.0. The van der Waals surface area contributed by atoms with Gasteiger partial charge < -0.3 is 4.57 Å². The quantitative estimate of drug-likeness (QED) is 0.190. The fourth-order valence-corrected chi connectivity index (χ4v) is 7.44. The van der Waals surface area contributed by atoms with E-state index in [1.165, 1.54) is 54.6 Å².